The Kier molecular flexibility index (Phi) is 18.9. The molecule has 28 aromatic rings. The quantitative estimate of drug-likeness (QED) is 0.107. The van der Waals surface area contributed by atoms with Crippen molar-refractivity contribution in [2.75, 3.05) is 0 Å². The molecule has 28 rings (SSSR count). The smallest absolute Gasteiger partial charge is 0.164 e. The minimum absolute atomic E-state index is 0.591. The van der Waals surface area contributed by atoms with E-state index in [1.54, 1.807) is 0 Å². The number of aromatic nitrogens is 10. The molecule has 0 atom stereocenters. The van der Waals surface area contributed by atoms with E-state index >= 15 is 0 Å². The number of furan rings is 1. The highest BCUT2D eigenvalue weighted by Crippen LogP contribution is 2.47. The predicted octanol–water partition coefficient (Wildman–Crippen LogP) is 33.1. The van der Waals surface area contributed by atoms with Crippen molar-refractivity contribution < 1.29 is 4.42 Å². The van der Waals surface area contributed by atoms with Gasteiger partial charge in [0.05, 0.1) is 44.1 Å². The second-order valence-electron chi connectivity index (χ2n) is 35.2. The Morgan fingerprint density at radius 1 is 0.145 bits per heavy atom. The number of hydrogen-bond donors (Lipinski definition) is 0. The van der Waals surface area contributed by atoms with Gasteiger partial charge in [0.1, 0.15) is 11.2 Å². The van der Waals surface area contributed by atoms with Crippen molar-refractivity contribution in [1.82, 2.24) is 48.2 Å². The molecule has 0 unspecified atom stereocenters. The first-order chi connectivity index (χ1) is 68.4. The highest BCUT2D eigenvalue weighted by Gasteiger charge is 2.24. The van der Waals surface area contributed by atoms with Crippen LogP contribution in [0.5, 0.6) is 0 Å². The fraction of sp³-hybridized carbons (Fsp3) is 0. The zero-order valence-electron chi connectivity index (χ0n) is 74.3. The molecule has 0 fully saturated rings. The molecule has 11 nitrogen and oxygen atoms in total. The van der Waals surface area contributed by atoms with E-state index in [0.717, 1.165) is 100 Å². The molecule has 644 valence electrons. The molecular weight excluding hydrogens is 1700 g/mol. The molecule has 8 heterocycles. The fourth-order valence-electron chi connectivity index (χ4n) is 20.6. The molecule has 138 heavy (non-hydrogen) atoms. The summed E-state index contributed by atoms with van der Waals surface area (Å²) in [7, 11) is 0. The number of nitrogens with zero attached hydrogens (tertiary/aromatic N) is 10. The van der Waals surface area contributed by atoms with E-state index in [2.05, 4.69) is 370 Å². The zero-order valence-corrected chi connectivity index (χ0v) is 75.1. The molecule has 0 N–H and O–H groups in total. The molecule has 0 radical (unpaired) electrons. The maximum absolute atomic E-state index is 6.57. The van der Waals surface area contributed by atoms with Gasteiger partial charge in [-0.25, -0.2) is 29.9 Å². The lowest BCUT2D eigenvalue weighted by Gasteiger charge is -2.09. The maximum atomic E-state index is 6.57. The highest BCUT2D eigenvalue weighted by atomic mass is 32.1. The summed E-state index contributed by atoms with van der Waals surface area (Å²) in [5.41, 5.74) is 30.6. The minimum Gasteiger partial charge on any atom is -0.456 e. The molecule has 0 aliphatic rings. The average molecular weight is 1780 g/mol. The summed E-state index contributed by atoms with van der Waals surface area (Å²) in [5, 5.41) is 14.4. The van der Waals surface area contributed by atoms with Crippen LogP contribution < -0.4 is 0 Å². The third-order valence-electron chi connectivity index (χ3n) is 27.1. The molecule has 0 aliphatic heterocycles. The Morgan fingerprint density at radius 2 is 0.370 bits per heavy atom. The Morgan fingerprint density at radius 3 is 0.696 bits per heavy atom. The van der Waals surface area contributed by atoms with E-state index in [9.17, 15) is 0 Å². The second kappa shape index (κ2) is 32.8. The number of thiophene rings is 1. The summed E-state index contributed by atoms with van der Waals surface area (Å²) in [6.45, 7) is 0. The Balaban J connectivity index is 0.000000139. The largest absolute Gasteiger partial charge is 0.456 e. The van der Waals surface area contributed by atoms with Gasteiger partial charge in [-0.1, -0.05) is 303 Å². The highest BCUT2D eigenvalue weighted by molar-refractivity contribution is 7.25. The molecule has 0 aliphatic carbocycles. The summed E-state index contributed by atoms with van der Waals surface area (Å²) >= 11 is 1.81. The number of benzene rings is 20. The van der Waals surface area contributed by atoms with Gasteiger partial charge >= 0.3 is 0 Å². The third kappa shape index (κ3) is 13.7. The number of fused-ring (bicyclic) bond motifs is 18. The lowest BCUT2D eigenvalue weighted by atomic mass is 9.98. The van der Waals surface area contributed by atoms with Gasteiger partial charge in [-0.05, 0) is 214 Å². The molecule has 12 heteroatoms. The molecule has 0 saturated carbocycles. The molecular formula is C126H78N10OS. The van der Waals surface area contributed by atoms with Gasteiger partial charge in [0.15, 0.2) is 34.9 Å². The lowest BCUT2D eigenvalue weighted by molar-refractivity contribution is 0.669. The van der Waals surface area contributed by atoms with Crippen LogP contribution in [0.4, 0.5) is 0 Å². The van der Waals surface area contributed by atoms with E-state index in [0.29, 0.717) is 34.9 Å². The van der Waals surface area contributed by atoms with E-state index in [-0.39, 0.29) is 0 Å². The van der Waals surface area contributed by atoms with Crippen LogP contribution in [0.25, 0.3) is 265 Å². The van der Waals surface area contributed by atoms with Crippen LogP contribution in [0, 0.1) is 0 Å². The van der Waals surface area contributed by atoms with Crippen LogP contribution in [0.1, 0.15) is 0 Å². The predicted molar refractivity (Wildman–Crippen MR) is 572 cm³/mol. The first-order valence-electron chi connectivity index (χ1n) is 46.5. The van der Waals surface area contributed by atoms with Gasteiger partial charge in [0, 0.05) is 130 Å². The first-order valence-corrected chi connectivity index (χ1v) is 47.3. The van der Waals surface area contributed by atoms with E-state index in [4.69, 9.17) is 34.3 Å². The van der Waals surface area contributed by atoms with Crippen LogP contribution in [0.15, 0.2) is 478 Å². The third-order valence-corrected chi connectivity index (χ3v) is 28.2. The molecule has 8 aromatic heterocycles. The summed E-state index contributed by atoms with van der Waals surface area (Å²) in [4.78, 5) is 29.8. The van der Waals surface area contributed by atoms with Crippen molar-refractivity contribution in [2.45, 2.75) is 0 Å². The van der Waals surface area contributed by atoms with Crippen molar-refractivity contribution in [3.05, 3.63) is 473 Å². The van der Waals surface area contributed by atoms with Crippen molar-refractivity contribution >= 4 is 141 Å². The topological polar surface area (TPSA) is 110 Å². The Hall–Kier alpha value is -18.4. The fourth-order valence-corrected chi connectivity index (χ4v) is 21.7. The molecule has 0 bridgehead atoms. The summed E-state index contributed by atoms with van der Waals surface area (Å²) in [6, 6.07) is 168. The second-order valence-corrected chi connectivity index (χ2v) is 36.3. The van der Waals surface area contributed by atoms with Crippen molar-refractivity contribution in [1.29, 1.82) is 0 Å². The molecule has 0 saturated heterocycles. The number of para-hydroxylation sites is 6. The number of rotatable bonds is 14. The van der Waals surface area contributed by atoms with Crippen LogP contribution in [-0.2, 0) is 0 Å². The molecule has 0 spiro atoms. The number of hydrogen-bond acceptors (Lipinski definition) is 8. The van der Waals surface area contributed by atoms with Crippen LogP contribution in [0.2, 0.25) is 0 Å². The molecule has 0 amide bonds. The van der Waals surface area contributed by atoms with Crippen molar-refractivity contribution in [3.8, 4) is 136 Å². The van der Waals surface area contributed by atoms with E-state index < -0.39 is 0 Å². The SMILES string of the molecule is c1ccc(-c2nc(-c3ccccc3)nc(-c3ccc4c(c3)oc3ccc(-c5ccc6c(c5)c5cc(-c7ccc8c(c7)c7ccccc7n8-c7ccccc7)ccc5n6-c5ccccc5)cc34)n2)cc1.c1ccc(-c2nc(-c3ccccc3)nc(-c3ccc4c(c3)sc3cc(-c5ccc6c(c5)c5cc(-c7ccc8c(c7)c7ccccc7n8-c7ccccc7)ccc5n6-c5ccccc5)ccc34)n2)cc1. The van der Waals surface area contributed by atoms with Crippen molar-refractivity contribution in [3.63, 3.8) is 0 Å². The Bertz CT molecular complexity index is 9440. The monoisotopic (exact) mass is 1780 g/mol. The summed E-state index contributed by atoms with van der Waals surface area (Å²) in [6.07, 6.45) is 0. The van der Waals surface area contributed by atoms with Crippen LogP contribution in [-0.4, -0.2) is 48.2 Å². The summed E-state index contributed by atoms with van der Waals surface area (Å²) in [5.74, 6) is 3.81. The van der Waals surface area contributed by atoms with Gasteiger partial charge in [0.25, 0.3) is 0 Å². The van der Waals surface area contributed by atoms with E-state index in [1.807, 2.05) is 133 Å². The maximum Gasteiger partial charge on any atom is 0.164 e. The van der Waals surface area contributed by atoms with Gasteiger partial charge in [-0.2, -0.15) is 0 Å². The summed E-state index contributed by atoms with van der Waals surface area (Å²) < 4.78 is 18.5. The van der Waals surface area contributed by atoms with Crippen LogP contribution in [0.3, 0.4) is 0 Å². The van der Waals surface area contributed by atoms with Gasteiger partial charge < -0.3 is 22.7 Å². The zero-order chi connectivity index (χ0) is 90.8. The van der Waals surface area contributed by atoms with Crippen molar-refractivity contribution in [2.24, 2.45) is 0 Å². The van der Waals surface area contributed by atoms with E-state index in [1.165, 1.54) is 130 Å². The molecule has 20 aromatic carbocycles. The first kappa shape index (κ1) is 79.4. The van der Waals surface area contributed by atoms with Gasteiger partial charge in [0.2, 0.25) is 0 Å². The lowest BCUT2D eigenvalue weighted by Crippen LogP contribution is -2.00. The normalized spacial score (nSPS) is 11.8. The Labute approximate surface area is 796 Å². The van der Waals surface area contributed by atoms with Gasteiger partial charge in [-0.3, -0.25) is 0 Å². The van der Waals surface area contributed by atoms with Crippen LogP contribution >= 0.6 is 11.3 Å². The average Bonchev–Trinajstić information content (AvgIpc) is 1.58. The standard InChI is InChI=1S/C63H39N5O.C63H39N5S/c1-5-15-40(16-6-1)61-64-62(41-17-7-2-8-18-41)66-63(65-61)46-25-30-50-54-38-45(29-34-59(54)69-60(50)39-46)44-28-33-58-53(37-44)52-36-43(27-32-57(52)68(58)48-21-11-4-12-22-48)42-26-31-56-51(35-42)49-23-13-14-24-55(49)67(56)47-19-9-3-10-20-47;1-5-15-40(16-6-1)61-64-62(41-17-7-2-8-18-41)66-63(65-61)46-26-31-51-50-30-25-45(38-59(50)69-60(51)39-46)44-29-34-58-54(37-44)53-36-43(28-33-57(53)68(58)48-21-11-4-12-22-48)42-27-32-56-52(35-42)49-23-13-14-24-55(49)67(56)47-19-9-3-10-20-47/h2*1-39H. The van der Waals surface area contributed by atoms with Gasteiger partial charge in [-0.15, -0.1) is 11.3 Å². The minimum atomic E-state index is 0.591.